The number of hydrogen-bond acceptors (Lipinski definition) is 4. The number of sulfone groups is 1. The number of anilines is 1. The lowest BCUT2D eigenvalue weighted by Crippen LogP contribution is -2.04. The molecule has 1 aromatic carbocycles. The van der Waals surface area contributed by atoms with E-state index < -0.39 is 9.84 Å². The summed E-state index contributed by atoms with van der Waals surface area (Å²) >= 11 is 3.28. The van der Waals surface area contributed by atoms with Crippen LogP contribution >= 0.6 is 15.9 Å². The molecule has 0 atom stereocenters. The van der Waals surface area contributed by atoms with E-state index in [0.29, 0.717) is 11.3 Å². The van der Waals surface area contributed by atoms with Crippen molar-refractivity contribution in [1.29, 1.82) is 0 Å². The monoisotopic (exact) mass is 358 g/mol. The molecule has 0 aliphatic carbocycles. The standard InChI is InChI=1S/C13H12BrFN2O2S/c1-20(18,19)13-5-3-11(8-17-13)16-7-9-6-10(14)2-4-12(9)15/h2-6,8,16H,7H2,1H3. The molecule has 0 aliphatic rings. The molecule has 0 saturated carbocycles. The molecule has 2 rings (SSSR count). The molecule has 0 aliphatic heterocycles. The van der Waals surface area contributed by atoms with E-state index in [1.165, 1.54) is 18.3 Å². The number of benzene rings is 1. The van der Waals surface area contributed by atoms with Gasteiger partial charge in [0.05, 0.1) is 11.9 Å². The van der Waals surface area contributed by atoms with Crippen LogP contribution in [0.15, 0.2) is 46.0 Å². The van der Waals surface area contributed by atoms with Gasteiger partial charge in [-0.1, -0.05) is 15.9 Å². The fourth-order valence-electron chi connectivity index (χ4n) is 1.58. The minimum atomic E-state index is -3.30. The van der Waals surface area contributed by atoms with Gasteiger partial charge in [0.1, 0.15) is 5.82 Å². The highest BCUT2D eigenvalue weighted by molar-refractivity contribution is 9.10. The van der Waals surface area contributed by atoms with Crippen molar-refractivity contribution < 1.29 is 12.8 Å². The molecule has 1 aromatic heterocycles. The Balaban J connectivity index is 2.10. The van der Waals surface area contributed by atoms with Crippen molar-refractivity contribution in [2.75, 3.05) is 11.6 Å². The normalized spacial score (nSPS) is 11.3. The Kier molecular flexibility index (Phi) is 4.39. The number of pyridine rings is 1. The quantitative estimate of drug-likeness (QED) is 0.912. The Morgan fingerprint density at radius 1 is 1.30 bits per heavy atom. The van der Waals surface area contributed by atoms with Gasteiger partial charge in [0.2, 0.25) is 0 Å². The molecule has 1 heterocycles. The van der Waals surface area contributed by atoms with Crippen LogP contribution in [0.1, 0.15) is 5.56 Å². The van der Waals surface area contributed by atoms with Crippen LogP contribution in [-0.2, 0) is 16.4 Å². The zero-order chi connectivity index (χ0) is 14.8. The lowest BCUT2D eigenvalue weighted by molar-refractivity contribution is 0.598. The summed E-state index contributed by atoms with van der Waals surface area (Å²) in [4.78, 5) is 3.85. The largest absolute Gasteiger partial charge is 0.380 e. The Hall–Kier alpha value is -1.47. The zero-order valence-electron chi connectivity index (χ0n) is 10.6. The first-order valence-corrected chi connectivity index (χ1v) is 8.38. The van der Waals surface area contributed by atoms with Crippen LogP contribution < -0.4 is 5.32 Å². The summed E-state index contributed by atoms with van der Waals surface area (Å²) in [7, 11) is -3.30. The maximum Gasteiger partial charge on any atom is 0.192 e. The van der Waals surface area contributed by atoms with E-state index in [-0.39, 0.29) is 17.4 Å². The van der Waals surface area contributed by atoms with Crippen LogP contribution in [0.4, 0.5) is 10.1 Å². The van der Waals surface area contributed by atoms with Gasteiger partial charge in [0, 0.05) is 22.8 Å². The highest BCUT2D eigenvalue weighted by Gasteiger charge is 2.08. The van der Waals surface area contributed by atoms with Crippen molar-refractivity contribution in [2.45, 2.75) is 11.6 Å². The van der Waals surface area contributed by atoms with Crippen molar-refractivity contribution in [3.63, 3.8) is 0 Å². The van der Waals surface area contributed by atoms with Crippen molar-refractivity contribution in [2.24, 2.45) is 0 Å². The summed E-state index contributed by atoms with van der Waals surface area (Å²) in [6, 6.07) is 7.70. The van der Waals surface area contributed by atoms with Gasteiger partial charge in [-0.05, 0) is 30.3 Å². The molecule has 0 bridgehead atoms. The van der Waals surface area contributed by atoms with E-state index in [1.807, 2.05) is 0 Å². The Morgan fingerprint density at radius 2 is 2.05 bits per heavy atom. The van der Waals surface area contributed by atoms with Gasteiger partial charge < -0.3 is 5.32 Å². The molecule has 4 nitrogen and oxygen atoms in total. The van der Waals surface area contributed by atoms with Crippen LogP contribution in [-0.4, -0.2) is 19.7 Å². The van der Waals surface area contributed by atoms with Gasteiger partial charge in [-0.25, -0.2) is 17.8 Å². The summed E-state index contributed by atoms with van der Waals surface area (Å²) in [5.41, 5.74) is 1.13. The molecule has 0 unspecified atom stereocenters. The highest BCUT2D eigenvalue weighted by Crippen LogP contribution is 2.17. The maximum absolute atomic E-state index is 13.5. The molecular formula is C13H12BrFN2O2S. The second-order valence-electron chi connectivity index (χ2n) is 4.25. The second kappa shape index (κ2) is 5.88. The van der Waals surface area contributed by atoms with E-state index in [1.54, 1.807) is 18.2 Å². The first kappa shape index (κ1) is 14.9. The topological polar surface area (TPSA) is 59.1 Å². The van der Waals surface area contributed by atoms with Gasteiger partial charge in [-0.15, -0.1) is 0 Å². The van der Waals surface area contributed by atoms with Crippen molar-refractivity contribution in [1.82, 2.24) is 4.98 Å². The van der Waals surface area contributed by atoms with Crippen LogP contribution in [0.2, 0.25) is 0 Å². The minimum Gasteiger partial charge on any atom is -0.380 e. The molecule has 0 radical (unpaired) electrons. The van der Waals surface area contributed by atoms with Gasteiger partial charge in [-0.3, -0.25) is 0 Å². The van der Waals surface area contributed by atoms with Crippen molar-refractivity contribution in [3.05, 3.63) is 52.4 Å². The third-order valence-electron chi connectivity index (χ3n) is 2.61. The van der Waals surface area contributed by atoms with E-state index in [0.717, 1.165) is 10.7 Å². The Labute approximate surface area is 125 Å². The number of halogens is 2. The Bertz CT molecular complexity index is 718. The number of aromatic nitrogens is 1. The van der Waals surface area contributed by atoms with Gasteiger partial charge in [0.15, 0.2) is 14.9 Å². The van der Waals surface area contributed by atoms with E-state index in [4.69, 9.17) is 0 Å². The predicted octanol–water partition coefficient (Wildman–Crippen LogP) is 3.00. The first-order valence-electron chi connectivity index (χ1n) is 5.70. The van der Waals surface area contributed by atoms with Gasteiger partial charge in [-0.2, -0.15) is 0 Å². The van der Waals surface area contributed by atoms with Crippen LogP contribution in [0.3, 0.4) is 0 Å². The fourth-order valence-corrected chi connectivity index (χ4v) is 2.55. The summed E-state index contributed by atoms with van der Waals surface area (Å²) < 4.78 is 36.9. The predicted molar refractivity (Wildman–Crippen MR) is 78.8 cm³/mol. The average Bonchev–Trinajstić information content (AvgIpc) is 2.39. The van der Waals surface area contributed by atoms with E-state index in [2.05, 4.69) is 26.2 Å². The molecule has 0 fully saturated rings. The molecule has 0 spiro atoms. The third kappa shape index (κ3) is 3.77. The molecule has 0 amide bonds. The number of hydrogen-bond donors (Lipinski definition) is 1. The SMILES string of the molecule is CS(=O)(=O)c1ccc(NCc2cc(Br)ccc2F)cn1. The fraction of sp³-hybridized carbons (Fsp3) is 0.154. The summed E-state index contributed by atoms with van der Waals surface area (Å²) in [6.07, 6.45) is 2.51. The lowest BCUT2D eigenvalue weighted by atomic mass is 10.2. The molecule has 2 aromatic rings. The lowest BCUT2D eigenvalue weighted by Gasteiger charge is -2.08. The van der Waals surface area contributed by atoms with Crippen molar-refractivity contribution >= 4 is 31.5 Å². The van der Waals surface area contributed by atoms with Gasteiger partial charge >= 0.3 is 0 Å². The number of nitrogens with zero attached hydrogens (tertiary/aromatic N) is 1. The minimum absolute atomic E-state index is 0.0108. The van der Waals surface area contributed by atoms with Crippen LogP contribution in [0, 0.1) is 5.82 Å². The van der Waals surface area contributed by atoms with Gasteiger partial charge in [0.25, 0.3) is 0 Å². The summed E-state index contributed by atoms with van der Waals surface area (Å²) in [5.74, 6) is -0.304. The maximum atomic E-state index is 13.5. The molecule has 20 heavy (non-hydrogen) atoms. The average molecular weight is 359 g/mol. The van der Waals surface area contributed by atoms with E-state index in [9.17, 15) is 12.8 Å². The van der Waals surface area contributed by atoms with Crippen LogP contribution in [0.25, 0.3) is 0 Å². The van der Waals surface area contributed by atoms with Crippen LogP contribution in [0.5, 0.6) is 0 Å². The second-order valence-corrected chi connectivity index (χ2v) is 7.12. The summed E-state index contributed by atoms with van der Waals surface area (Å²) in [6.45, 7) is 0.283. The highest BCUT2D eigenvalue weighted by atomic mass is 79.9. The summed E-state index contributed by atoms with van der Waals surface area (Å²) in [5, 5.41) is 3.00. The number of rotatable bonds is 4. The zero-order valence-corrected chi connectivity index (χ0v) is 13.0. The smallest absolute Gasteiger partial charge is 0.192 e. The number of nitrogens with one attached hydrogen (secondary N) is 1. The molecule has 7 heteroatoms. The molecule has 106 valence electrons. The molecule has 0 saturated heterocycles. The first-order chi connectivity index (χ1) is 9.36. The van der Waals surface area contributed by atoms with E-state index >= 15 is 0 Å². The molecule has 1 N–H and O–H groups in total. The molecular weight excluding hydrogens is 347 g/mol. The van der Waals surface area contributed by atoms with Crippen molar-refractivity contribution in [3.8, 4) is 0 Å². The third-order valence-corrected chi connectivity index (χ3v) is 4.10. The Morgan fingerprint density at radius 3 is 2.65 bits per heavy atom.